The monoisotopic (exact) mass is 589 g/mol. The molecular weight excluding hydrogens is 564 g/mol. The molecule has 1 amide bonds. The minimum Gasteiger partial charge on any atom is -0.459 e. The number of alkyl halides is 1. The van der Waals surface area contributed by atoms with Crippen LogP contribution in [-0.2, 0) is 14.2 Å². The van der Waals surface area contributed by atoms with Crippen LogP contribution in [0.1, 0.15) is 49.8 Å². The number of anilines is 1. The van der Waals surface area contributed by atoms with Crippen LogP contribution >= 0.6 is 0 Å². The van der Waals surface area contributed by atoms with Crippen LogP contribution in [0, 0.1) is 5.82 Å². The first-order chi connectivity index (χ1) is 20.6. The lowest BCUT2D eigenvalue weighted by atomic mass is 9.92. The van der Waals surface area contributed by atoms with E-state index in [0.29, 0.717) is 0 Å². The lowest BCUT2D eigenvalue weighted by molar-refractivity contribution is -0.0450. The molecule has 1 aliphatic rings. The second-order valence-corrected chi connectivity index (χ2v) is 9.80. The van der Waals surface area contributed by atoms with E-state index in [1.165, 1.54) is 36.4 Å². The van der Waals surface area contributed by atoms with Gasteiger partial charge in [-0.25, -0.2) is 23.2 Å². The number of hydrogen-bond donors (Lipinski definition) is 2. The highest BCUT2D eigenvalue weighted by Crippen LogP contribution is 2.46. The Kier molecular flexibility index (Phi) is 8.39. The molecular formula is C31H25F2N3O7. The van der Waals surface area contributed by atoms with Crippen molar-refractivity contribution in [2.45, 2.75) is 30.9 Å². The summed E-state index contributed by atoms with van der Waals surface area (Å²) < 4.78 is 49.0. The molecule has 12 heteroatoms. The van der Waals surface area contributed by atoms with Crippen molar-refractivity contribution in [1.29, 1.82) is 0 Å². The number of ether oxygens (including phenoxy) is 3. The predicted octanol–water partition coefficient (Wildman–Crippen LogP) is 4.41. The number of aromatic nitrogens is 2. The van der Waals surface area contributed by atoms with Gasteiger partial charge in [0.15, 0.2) is 23.4 Å². The van der Waals surface area contributed by atoms with E-state index >= 15 is 8.78 Å². The molecule has 220 valence electrons. The van der Waals surface area contributed by atoms with Gasteiger partial charge in [0.25, 0.3) is 5.91 Å². The van der Waals surface area contributed by atoms with E-state index in [9.17, 15) is 19.2 Å². The molecule has 4 atom stereocenters. The summed E-state index contributed by atoms with van der Waals surface area (Å²) in [5, 5.41) is 2.22. The van der Waals surface area contributed by atoms with Crippen LogP contribution < -0.4 is 11.0 Å². The Hall–Kier alpha value is -5.23. The van der Waals surface area contributed by atoms with E-state index in [-0.39, 0.29) is 16.7 Å². The molecule has 1 aliphatic heterocycles. The zero-order chi connectivity index (χ0) is 30.6. The van der Waals surface area contributed by atoms with Crippen molar-refractivity contribution < 1.29 is 37.4 Å². The molecule has 2 heterocycles. The Morgan fingerprint density at radius 1 is 0.907 bits per heavy atom. The highest BCUT2D eigenvalue weighted by Gasteiger charge is 2.59. The highest BCUT2D eigenvalue weighted by atomic mass is 19.1. The average molecular weight is 590 g/mol. The summed E-state index contributed by atoms with van der Waals surface area (Å²) in [7, 11) is 0. The van der Waals surface area contributed by atoms with Crippen molar-refractivity contribution in [2.24, 2.45) is 0 Å². The summed E-state index contributed by atoms with van der Waals surface area (Å²) >= 11 is 0. The molecule has 0 saturated carbocycles. The van der Waals surface area contributed by atoms with Crippen molar-refractivity contribution in [3.8, 4) is 0 Å². The summed E-state index contributed by atoms with van der Waals surface area (Å²) in [6.07, 6.45) is -5.00. The van der Waals surface area contributed by atoms with Gasteiger partial charge in [-0.15, -0.1) is 0 Å². The SMILES string of the molecule is C[C@@]1(F)[C@@H](c2[nH]c(=O)nc(NC(=O)c3ccccc3)c2F)O[C@H](COC(=O)c2ccccc2)[C@H]1OC(=O)c1ccccc1. The fraction of sp³-hybridized carbons (Fsp3) is 0.194. The summed E-state index contributed by atoms with van der Waals surface area (Å²) in [6.45, 7) is 0.422. The molecule has 1 aromatic heterocycles. The van der Waals surface area contributed by atoms with E-state index < -0.39 is 71.5 Å². The van der Waals surface area contributed by atoms with Gasteiger partial charge in [0.05, 0.1) is 16.8 Å². The number of nitrogens with one attached hydrogen (secondary N) is 2. The molecule has 0 radical (unpaired) electrons. The van der Waals surface area contributed by atoms with Crippen molar-refractivity contribution in [2.75, 3.05) is 11.9 Å². The summed E-state index contributed by atoms with van der Waals surface area (Å²) in [5.41, 5.74) is -3.98. The third kappa shape index (κ3) is 6.33. The number of hydrogen-bond acceptors (Lipinski definition) is 8. The first-order valence-electron chi connectivity index (χ1n) is 13.1. The average Bonchev–Trinajstić information content (AvgIpc) is 3.27. The maximum Gasteiger partial charge on any atom is 0.347 e. The number of carbonyl (C=O) groups excluding carboxylic acids is 3. The van der Waals surface area contributed by atoms with Gasteiger partial charge in [0.1, 0.15) is 18.8 Å². The minimum atomic E-state index is -2.67. The van der Waals surface area contributed by atoms with Gasteiger partial charge < -0.3 is 24.5 Å². The smallest absolute Gasteiger partial charge is 0.347 e. The number of H-pyrrole nitrogens is 1. The van der Waals surface area contributed by atoms with Crippen LogP contribution in [0.2, 0.25) is 0 Å². The molecule has 0 aliphatic carbocycles. The maximum absolute atomic E-state index is 16.6. The van der Waals surface area contributed by atoms with Gasteiger partial charge in [-0.3, -0.25) is 4.79 Å². The van der Waals surface area contributed by atoms with Crippen LogP contribution in [0.3, 0.4) is 0 Å². The fourth-order valence-electron chi connectivity index (χ4n) is 4.64. The standard InChI is InChI=1S/C31H25F2N3O7/c1-31(33)24(43-29(39)20-15-9-4-10-16-20)21(17-41-28(38)19-13-7-3-8-14-19)42-25(31)23-22(32)26(36-30(40)34-23)35-27(37)18-11-5-2-6-12-18/h2-16,21,24-25H,17H2,1H3,(H2,34,35,36,37,40)/t21-,24-,25-,31+/m1/s1. The molecule has 43 heavy (non-hydrogen) atoms. The Bertz CT molecular complexity index is 1680. The van der Waals surface area contributed by atoms with E-state index in [0.717, 1.165) is 6.92 Å². The van der Waals surface area contributed by atoms with E-state index in [4.69, 9.17) is 14.2 Å². The molecule has 2 N–H and O–H groups in total. The van der Waals surface area contributed by atoms with Crippen molar-refractivity contribution in [1.82, 2.24) is 9.97 Å². The third-order valence-corrected chi connectivity index (χ3v) is 6.78. The molecule has 0 bridgehead atoms. The molecule has 1 fully saturated rings. The molecule has 4 aromatic rings. The maximum atomic E-state index is 16.6. The van der Waals surface area contributed by atoms with E-state index in [1.54, 1.807) is 54.6 Å². The summed E-state index contributed by atoms with van der Waals surface area (Å²) in [4.78, 5) is 56.2. The summed E-state index contributed by atoms with van der Waals surface area (Å²) in [5.74, 6) is -4.45. The zero-order valence-electron chi connectivity index (χ0n) is 22.7. The van der Waals surface area contributed by atoms with Crippen LogP contribution in [-0.4, -0.2) is 52.3 Å². The zero-order valence-corrected chi connectivity index (χ0v) is 22.7. The van der Waals surface area contributed by atoms with Crippen LogP contribution in [0.25, 0.3) is 0 Å². The second kappa shape index (κ2) is 12.3. The lowest BCUT2D eigenvalue weighted by Crippen LogP contribution is -2.44. The van der Waals surface area contributed by atoms with Crippen LogP contribution in [0.5, 0.6) is 0 Å². The minimum absolute atomic E-state index is 0.108. The molecule has 0 spiro atoms. The van der Waals surface area contributed by atoms with Crippen molar-refractivity contribution >= 4 is 23.7 Å². The number of aromatic amines is 1. The largest absolute Gasteiger partial charge is 0.459 e. The predicted molar refractivity (Wildman–Crippen MR) is 149 cm³/mol. The van der Waals surface area contributed by atoms with Gasteiger partial charge in [-0.2, -0.15) is 4.98 Å². The van der Waals surface area contributed by atoms with Crippen LogP contribution in [0.4, 0.5) is 14.6 Å². The Labute approximate surface area is 243 Å². The van der Waals surface area contributed by atoms with Crippen LogP contribution in [0.15, 0.2) is 95.8 Å². The Balaban J connectivity index is 1.45. The summed E-state index contributed by atoms with van der Waals surface area (Å²) in [6, 6.07) is 23.5. The lowest BCUT2D eigenvalue weighted by Gasteiger charge is -2.27. The van der Waals surface area contributed by atoms with Gasteiger partial charge in [-0.1, -0.05) is 54.6 Å². The van der Waals surface area contributed by atoms with E-state index in [2.05, 4.69) is 15.3 Å². The number of rotatable bonds is 8. The number of esters is 2. The van der Waals surface area contributed by atoms with Gasteiger partial charge in [0, 0.05) is 5.56 Å². The number of amides is 1. The first kappa shape index (κ1) is 29.3. The second-order valence-electron chi connectivity index (χ2n) is 9.80. The molecule has 1 saturated heterocycles. The number of halogens is 2. The number of carbonyl (C=O) groups is 3. The number of nitrogens with zero attached hydrogens (tertiary/aromatic N) is 1. The normalized spacial score (nSPS) is 21.1. The van der Waals surface area contributed by atoms with Gasteiger partial charge >= 0.3 is 17.6 Å². The molecule has 5 rings (SSSR count). The fourth-order valence-corrected chi connectivity index (χ4v) is 4.64. The molecule has 10 nitrogen and oxygen atoms in total. The van der Waals surface area contributed by atoms with Gasteiger partial charge in [0.2, 0.25) is 0 Å². The third-order valence-electron chi connectivity index (χ3n) is 6.78. The Morgan fingerprint density at radius 2 is 1.44 bits per heavy atom. The topological polar surface area (TPSA) is 137 Å². The van der Waals surface area contributed by atoms with E-state index in [1.807, 2.05) is 0 Å². The van der Waals surface area contributed by atoms with Crippen molar-refractivity contribution in [3.05, 3.63) is 130 Å². The van der Waals surface area contributed by atoms with Crippen molar-refractivity contribution in [3.63, 3.8) is 0 Å². The highest BCUT2D eigenvalue weighted by molar-refractivity contribution is 6.03. The molecule has 3 aromatic carbocycles. The number of benzene rings is 3. The molecule has 0 unspecified atom stereocenters. The quantitative estimate of drug-likeness (QED) is 0.289. The first-order valence-corrected chi connectivity index (χ1v) is 13.1. The van der Waals surface area contributed by atoms with Gasteiger partial charge in [-0.05, 0) is 43.3 Å². The Morgan fingerprint density at radius 3 is 2.02 bits per heavy atom.